The van der Waals surface area contributed by atoms with Gasteiger partial charge in [0.05, 0.1) is 0 Å². The number of anilines is 3. The lowest BCUT2D eigenvalue weighted by Gasteiger charge is -2.25. The molecule has 0 saturated carbocycles. The van der Waals surface area contributed by atoms with E-state index in [4.69, 9.17) is 0 Å². The largest absolute Gasteiger partial charge is 0.310 e. The minimum Gasteiger partial charge on any atom is -0.310 e. The summed E-state index contributed by atoms with van der Waals surface area (Å²) in [6, 6.07) is 69.4. The molecule has 0 bridgehead atoms. The van der Waals surface area contributed by atoms with Gasteiger partial charge in [-0.05, 0) is 116 Å². The summed E-state index contributed by atoms with van der Waals surface area (Å²) in [4.78, 5) is 2.31. The summed E-state index contributed by atoms with van der Waals surface area (Å²) in [7, 11) is 0. The van der Waals surface area contributed by atoms with E-state index in [-0.39, 0.29) is 0 Å². The van der Waals surface area contributed by atoms with Gasteiger partial charge in [0.25, 0.3) is 0 Å². The van der Waals surface area contributed by atoms with Crippen LogP contribution in [0.3, 0.4) is 0 Å². The zero-order chi connectivity index (χ0) is 33.5. The van der Waals surface area contributed by atoms with Crippen molar-refractivity contribution >= 4 is 62.4 Å². The van der Waals surface area contributed by atoms with Crippen LogP contribution in [0, 0.1) is 0 Å². The van der Waals surface area contributed by atoms with Crippen LogP contribution < -0.4 is 4.90 Å². The standard InChI is InChI=1S/C49H37N/c1-5-13-37(14-6-1)33-46(34-38-15-7-2-8-16-38)44-28-27-41-31-39(23-25-43(41)35-44)21-22-40-24-26-45-36-49(30-29-42(45)32-40)50(47-17-9-3-10-18-47)48-19-11-4-12-20-48/h1-33,35-36H,34H2. The number of benzene rings is 8. The number of hydrogen-bond acceptors (Lipinski definition) is 1. The normalized spacial score (nSPS) is 11.7. The maximum Gasteiger partial charge on any atom is 0.0468 e. The molecule has 0 saturated heterocycles. The van der Waals surface area contributed by atoms with Crippen LogP contribution in [0.4, 0.5) is 17.1 Å². The van der Waals surface area contributed by atoms with E-state index in [0.29, 0.717) is 0 Å². The second kappa shape index (κ2) is 14.4. The van der Waals surface area contributed by atoms with Crippen LogP contribution >= 0.6 is 0 Å². The van der Waals surface area contributed by atoms with E-state index in [2.05, 4.69) is 217 Å². The van der Waals surface area contributed by atoms with Crippen molar-refractivity contribution in [1.82, 2.24) is 0 Å². The van der Waals surface area contributed by atoms with Gasteiger partial charge in [-0.25, -0.2) is 0 Å². The average Bonchev–Trinajstić information content (AvgIpc) is 3.18. The zero-order valence-electron chi connectivity index (χ0n) is 27.9. The van der Waals surface area contributed by atoms with Gasteiger partial charge in [0, 0.05) is 17.1 Å². The molecular weight excluding hydrogens is 603 g/mol. The number of fused-ring (bicyclic) bond motifs is 2. The molecule has 0 fully saturated rings. The Hall–Kier alpha value is -6.44. The first-order valence-electron chi connectivity index (χ1n) is 17.2. The summed E-state index contributed by atoms with van der Waals surface area (Å²) in [5, 5.41) is 4.92. The monoisotopic (exact) mass is 639 g/mol. The van der Waals surface area contributed by atoms with E-state index in [9.17, 15) is 0 Å². The first-order valence-corrected chi connectivity index (χ1v) is 17.2. The second-order valence-corrected chi connectivity index (χ2v) is 12.7. The Morgan fingerprint density at radius 1 is 0.380 bits per heavy atom. The summed E-state index contributed by atoms with van der Waals surface area (Å²) in [6.45, 7) is 0. The lowest BCUT2D eigenvalue weighted by atomic mass is 9.94. The Morgan fingerprint density at radius 2 is 0.860 bits per heavy atom. The molecule has 0 radical (unpaired) electrons. The Labute approximate surface area is 294 Å². The second-order valence-electron chi connectivity index (χ2n) is 12.7. The maximum atomic E-state index is 2.33. The molecule has 1 nitrogen and oxygen atoms in total. The highest BCUT2D eigenvalue weighted by Crippen LogP contribution is 2.36. The maximum absolute atomic E-state index is 2.33. The van der Waals surface area contributed by atoms with Gasteiger partial charge in [0.1, 0.15) is 0 Å². The highest BCUT2D eigenvalue weighted by molar-refractivity contribution is 5.93. The van der Waals surface area contributed by atoms with Crippen LogP contribution in [0.1, 0.15) is 27.8 Å². The molecule has 0 atom stereocenters. The molecule has 1 heteroatoms. The third-order valence-corrected chi connectivity index (χ3v) is 9.22. The molecule has 8 aromatic rings. The van der Waals surface area contributed by atoms with Crippen LogP contribution in [-0.2, 0) is 6.42 Å². The van der Waals surface area contributed by atoms with Gasteiger partial charge in [0.2, 0.25) is 0 Å². The molecule has 0 aliphatic carbocycles. The van der Waals surface area contributed by atoms with Gasteiger partial charge in [-0.2, -0.15) is 0 Å². The minimum absolute atomic E-state index is 0.882. The minimum atomic E-state index is 0.882. The van der Waals surface area contributed by atoms with E-state index in [1.54, 1.807) is 0 Å². The summed E-state index contributed by atoms with van der Waals surface area (Å²) in [5.41, 5.74) is 10.9. The third kappa shape index (κ3) is 7.04. The van der Waals surface area contributed by atoms with Crippen LogP contribution in [0.15, 0.2) is 194 Å². The lowest BCUT2D eigenvalue weighted by molar-refractivity contribution is 1.29. The van der Waals surface area contributed by atoms with Crippen molar-refractivity contribution in [3.63, 3.8) is 0 Å². The molecule has 0 unspecified atom stereocenters. The van der Waals surface area contributed by atoms with Crippen molar-refractivity contribution in [2.24, 2.45) is 0 Å². The van der Waals surface area contributed by atoms with Crippen molar-refractivity contribution in [1.29, 1.82) is 0 Å². The third-order valence-electron chi connectivity index (χ3n) is 9.22. The van der Waals surface area contributed by atoms with Crippen LogP contribution in [0.25, 0.3) is 45.3 Å². The van der Waals surface area contributed by atoms with Gasteiger partial charge >= 0.3 is 0 Å². The van der Waals surface area contributed by atoms with Crippen molar-refractivity contribution in [2.45, 2.75) is 6.42 Å². The number of hydrogen-bond donors (Lipinski definition) is 0. The molecule has 8 rings (SSSR count). The predicted molar refractivity (Wildman–Crippen MR) is 216 cm³/mol. The fourth-order valence-corrected chi connectivity index (χ4v) is 6.66. The summed E-state index contributed by atoms with van der Waals surface area (Å²) in [6.07, 6.45) is 7.63. The van der Waals surface area contributed by atoms with Gasteiger partial charge in [-0.3, -0.25) is 0 Å². The molecule has 8 aromatic carbocycles. The fraction of sp³-hybridized carbons (Fsp3) is 0.0204. The molecule has 50 heavy (non-hydrogen) atoms. The summed E-state index contributed by atoms with van der Waals surface area (Å²) in [5.74, 6) is 0. The van der Waals surface area contributed by atoms with Gasteiger partial charge in [0.15, 0.2) is 0 Å². The molecule has 0 aliphatic heterocycles. The number of allylic oxidation sites excluding steroid dienone is 1. The molecule has 0 heterocycles. The van der Waals surface area contributed by atoms with Crippen LogP contribution in [0.5, 0.6) is 0 Å². The first-order chi connectivity index (χ1) is 24.7. The van der Waals surface area contributed by atoms with Gasteiger partial charge in [-0.1, -0.05) is 158 Å². The molecular formula is C49H37N. The first kappa shape index (κ1) is 30.9. The molecule has 0 aliphatic rings. The van der Waals surface area contributed by atoms with E-state index < -0.39 is 0 Å². The number of para-hydroxylation sites is 2. The van der Waals surface area contributed by atoms with Crippen molar-refractivity contribution in [2.75, 3.05) is 4.90 Å². The zero-order valence-corrected chi connectivity index (χ0v) is 27.9. The van der Waals surface area contributed by atoms with Gasteiger partial charge < -0.3 is 4.90 Å². The van der Waals surface area contributed by atoms with E-state index in [0.717, 1.165) is 23.5 Å². The van der Waals surface area contributed by atoms with Gasteiger partial charge in [-0.15, -0.1) is 0 Å². The quantitative estimate of drug-likeness (QED) is 0.142. The van der Waals surface area contributed by atoms with Crippen LogP contribution in [-0.4, -0.2) is 0 Å². The smallest absolute Gasteiger partial charge is 0.0468 e. The fourth-order valence-electron chi connectivity index (χ4n) is 6.66. The predicted octanol–water partition coefficient (Wildman–Crippen LogP) is 13.4. The molecule has 0 N–H and O–H groups in total. The Kier molecular flexibility index (Phi) is 8.86. The molecule has 0 amide bonds. The van der Waals surface area contributed by atoms with E-state index in [1.165, 1.54) is 54.9 Å². The van der Waals surface area contributed by atoms with E-state index in [1.807, 2.05) is 0 Å². The highest BCUT2D eigenvalue weighted by atomic mass is 15.1. The number of rotatable bonds is 9. The Bertz CT molecular complexity index is 2390. The highest BCUT2D eigenvalue weighted by Gasteiger charge is 2.12. The lowest BCUT2D eigenvalue weighted by Crippen LogP contribution is -2.09. The number of nitrogens with zero attached hydrogens (tertiary/aromatic N) is 1. The SMILES string of the molecule is C(=Cc1ccc2cc(N(c3ccccc3)c3ccccc3)ccc2c1)c1ccc2cc(C(=Cc3ccccc3)Cc3ccccc3)ccc2c1. The summed E-state index contributed by atoms with van der Waals surface area (Å²) >= 11 is 0. The van der Waals surface area contributed by atoms with Crippen molar-refractivity contribution in [3.8, 4) is 0 Å². The Morgan fingerprint density at radius 3 is 1.46 bits per heavy atom. The molecule has 0 spiro atoms. The van der Waals surface area contributed by atoms with Crippen LogP contribution in [0.2, 0.25) is 0 Å². The molecule has 238 valence electrons. The topological polar surface area (TPSA) is 3.24 Å². The Balaban J connectivity index is 1.04. The molecule has 0 aromatic heterocycles. The van der Waals surface area contributed by atoms with Crippen molar-refractivity contribution in [3.05, 3.63) is 222 Å². The average molecular weight is 640 g/mol. The van der Waals surface area contributed by atoms with E-state index >= 15 is 0 Å². The summed E-state index contributed by atoms with van der Waals surface area (Å²) < 4.78 is 0. The van der Waals surface area contributed by atoms with Crippen molar-refractivity contribution < 1.29 is 0 Å².